The molecule has 3 aromatic rings. The Hall–Kier alpha value is -4.21. The molecular formula is C27H33N7O3. The van der Waals surface area contributed by atoms with E-state index < -0.39 is 5.91 Å². The Bertz CT molecular complexity index is 1240. The van der Waals surface area contributed by atoms with Crippen molar-refractivity contribution in [3.8, 4) is 0 Å². The number of aromatic nitrogens is 2. The lowest BCUT2D eigenvalue weighted by molar-refractivity contribution is -0.126. The van der Waals surface area contributed by atoms with Crippen molar-refractivity contribution in [2.75, 3.05) is 37.4 Å². The third-order valence-electron chi connectivity index (χ3n) is 6.32. The number of carbonyl (C=O) groups is 3. The maximum Gasteiger partial charge on any atom is 0.251 e. The molecule has 1 aliphatic rings. The Balaban J connectivity index is 1.18. The molecule has 0 radical (unpaired) electrons. The van der Waals surface area contributed by atoms with E-state index in [1.807, 2.05) is 49.3 Å². The largest absolute Gasteiger partial charge is 0.362 e. The average Bonchev–Trinajstić information content (AvgIpc) is 2.91. The SMILES string of the molecule is CN(C)c1nc(N[C@H]2CC[C@@H](NC(=O)CNC(=O)CNC(=O)c3ccccc3)CC2)nc2ccccc12. The first kappa shape index (κ1) is 25.9. The Morgan fingerprint density at radius 1 is 0.811 bits per heavy atom. The van der Waals surface area contributed by atoms with E-state index in [2.05, 4.69) is 26.3 Å². The summed E-state index contributed by atoms with van der Waals surface area (Å²) in [6.45, 7) is -0.319. The third-order valence-corrected chi connectivity index (χ3v) is 6.32. The van der Waals surface area contributed by atoms with E-state index in [0.29, 0.717) is 11.5 Å². The quantitative estimate of drug-likeness (QED) is 0.352. The summed E-state index contributed by atoms with van der Waals surface area (Å²) in [7, 11) is 3.94. The first-order valence-corrected chi connectivity index (χ1v) is 12.5. The number of carbonyl (C=O) groups excluding carboxylic acids is 3. The van der Waals surface area contributed by atoms with Gasteiger partial charge in [-0.05, 0) is 49.9 Å². The molecule has 1 fully saturated rings. The van der Waals surface area contributed by atoms with Crippen LogP contribution in [0.5, 0.6) is 0 Å². The van der Waals surface area contributed by atoms with Crippen LogP contribution in [0.2, 0.25) is 0 Å². The highest BCUT2D eigenvalue weighted by atomic mass is 16.2. The molecule has 1 aliphatic carbocycles. The molecule has 1 heterocycles. The van der Waals surface area contributed by atoms with Crippen molar-refractivity contribution < 1.29 is 14.4 Å². The number of hydrogen-bond acceptors (Lipinski definition) is 7. The maximum atomic E-state index is 12.3. The van der Waals surface area contributed by atoms with Crippen LogP contribution in [0.15, 0.2) is 54.6 Å². The van der Waals surface area contributed by atoms with E-state index in [9.17, 15) is 14.4 Å². The molecule has 4 rings (SSSR count). The second-order valence-electron chi connectivity index (χ2n) is 9.37. The van der Waals surface area contributed by atoms with Crippen LogP contribution >= 0.6 is 0 Å². The summed E-state index contributed by atoms with van der Waals surface area (Å²) in [4.78, 5) is 47.7. The van der Waals surface area contributed by atoms with Gasteiger partial charge in [0.2, 0.25) is 17.8 Å². The summed E-state index contributed by atoms with van der Waals surface area (Å²) in [6, 6.07) is 16.9. The molecule has 3 amide bonds. The smallest absolute Gasteiger partial charge is 0.251 e. The molecule has 0 atom stereocenters. The number of nitrogens with zero attached hydrogens (tertiary/aromatic N) is 3. The molecule has 10 heteroatoms. The highest BCUT2D eigenvalue weighted by Crippen LogP contribution is 2.26. The Kier molecular flexibility index (Phi) is 8.50. The second-order valence-corrected chi connectivity index (χ2v) is 9.37. The van der Waals surface area contributed by atoms with Crippen molar-refractivity contribution in [2.24, 2.45) is 0 Å². The highest BCUT2D eigenvalue weighted by Gasteiger charge is 2.23. The van der Waals surface area contributed by atoms with E-state index in [4.69, 9.17) is 4.98 Å². The van der Waals surface area contributed by atoms with Gasteiger partial charge in [-0.3, -0.25) is 14.4 Å². The number of anilines is 2. The molecule has 1 saturated carbocycles. The number of para-hydroxylation sites is 1. The zero-order chi connectivity index (χ0) is 26.2. The normalized spacial score (nSPS) is 17.0. The van der Waals surface area contributed by atoms with Crippen molar-refractivity contribution in [3.05, 3.63) is 60.2 Å². The van der Waals surface area contributed by atoms with Gasteiger partial charge >= 0.3 is 0 Å². The monoisotopic (exact) mass is 503 g/mol. The predicted octanol–water partition coefficient (Wildman–Crippen LogP) is 2.08. The summed E-state index contributed by atoms with van der Waals surface area (Å²) in [5, 5.41) is 12.6. The van der Waals surface area contributed by atoms with Crippen LogP contribution in [0, 0.1) is 0 Å². The lowest BCUT2D eigenvalue weighted by Crippen LogP contribution is -2.46. The van der Waals surface area contributed by atoms with Gasteiger partial charge in [0.05, 0.1) is 18.6 Å². The fourth-order valence-corrected chi connectivity index (χ4v) is 4.40. The zero-order valence-electron chi connectivity index (χ0n) is 21.2. The Morgan fingerprint density at radius 2 is 1.46 bits per heavy atom. The maximum absolute atomic E-state index is 12.3. The van der Waals surface area contributed by atoms with Gasteiger partial charge in [-0.25, -0.2) is 4.98 Å². The van der Waals surface area contributed by atoms with Crippen molar-refractivity contribution in [1.29, 1.82) is 0 Å². The molecule has 0 bridgehead atoms. The topological polar surface area (TPSA) is 128 Å². The van der Waals surface area contributed by atoms with Crippen LogP contribution in [0.3, 0.4) is 0 Å². The molecule has 0 saturated heterocycles. The number of hydrogen-bond donors (Lipinski definition) is 4. The molecular weight excluding hydrogens is 470 g/mol. The zero-order valence-corrected chi connectivity index (χ0v) is 21.2. The Morgan fingerprint density at radius 3 is 2.19 bits per heavy atom. The fraction of sp³-hybridized carbons (Fsp3) is 0.370. The summed E-state index contributed by atoms with van der Waals surface area (Å²) in [5.41, 5.74) is 1.37. The molecule has 194 valence electrons. The minimum Gasteiger partial charge on any atom is -0.362 e. The minimum atomic E-state index is -0.417. The summed E-state index contributed by atoms with van der Waals surface area (Å²) >= 11 is 0. The molecule has 4 N–H and O–H groups in total. The van der Waals surface area contributed by atoms with Gasteiger partial charge in [0.15, 0.2) is 0 Å². The second kappa shape index (κ2) is 12.2. The average molecular weight is 504 g/mol. The predicted molar refractivity (Wildman–Crippen MR) is 143 cm³/mol. The van der Waals surface area contributed by atoms with Crippen LogP contribution in [0.1, 0.15) is 36.0 Å². The van der Waals surface area contributed by atoms with Crippen LogP contribution in [-0.2, 0) is 9.59 Å². The molecule has 0 spiro atoms. The fourth-order valence-electron chi connectivity index (χ4n) is 4.40. The van der Waals surface area contributed by atoms with Crippen LogP contribution < -0.4 is 26.2 Å². The third kappa shape index (κ3) is 7.16. The lowest BCUT2D eigenvalue weighted by atomic mass is 9.91. The van der Waals surface area contributed by atoms with Gasteiger partial charge in [-0.2, -0.15) is 4.98 Å². The van der Waals surface area contributed by atoms with Crippen molar-refractivity contribution in [1.82, 2.24) is 25.9 Å². The van der Waals surface area contributed by atoms with E-state index in [1.165, 1.54) is 0 Å². The minimum absolute atomic E-state index is 0.0510. The van der Waals surface area contributed by atoms with Crippen molar-refractivity contribution in [3.63, 3.8) is 0 Å². The summed E-state index contributed by atoms with van der Waals surface area (Å²) in [5.74, 6) is 0.484. The van der Waals surface area contributed by atoms with Gasteiger partial charge in [0.1, 0.15) is 5.82 Å². The first-order chi connectivity index (χ1) is 17.9. The molecule has 0 aliphatic heterocycles. The number of nitrogens with one attached hydrogen (secondary N) is 4. The molecule has 37 heavy (non-hydrogen) atoms. The van der Waals surface area contributed by atoms with Gasteiger partial charge in [0, 0.05) is 37.1 Å². The lowest BCUT2D eigenvalue weighted by Gasteiger charge is -2.30. The molecule has 10 nitrogen and oxygen atoms in total. The van der Waals surface area contributed by atoms with E-state index >= 15 is 0 Å². The first-order valence-electron chi connectivity index (χ1n) is 12.5. The molecule has 1 aromatic heterocycles. The van der Waals surface area contributed by atoms with Crippen molar-refractivity contribution >= 4 is 40.4 Å². The number of rotatable bonds is 9. The van der Waals surface area contributed by atoms with Crippen LogP contribution in [0.25, 0.3) is 10.9 Å². The highest BCUT2D eigenvalue weighted by molar-refractivity contribution is 5.96. The van der Waals surface area contributed by atoms with Gasteiger partial charge in [0.25, 0.3) is 5.91 Å². The number of amides is 3. The standard InChI is InChI=1S/C27H33N7O3/c1-34(2)25-21-10-6-7-11-22(21)32-27(33-25)31-20-14-12-19(13-15-20)30-24(36)17-28-23(35)16-29-26(37)18-8-4-3-5-9-18/h3-11,19-20H,12-17H2,1-2H3,(H,28,35)(H,29,37)(H,30,36)(H,31,32,33)/t19-,20+. The summed E-state index contributed by atoms with van der Waals surface area (Å²) < 4.78 is 0. The van der Waals surface area contributed by atoms with Gasteiger partial charge in [-0.1, -0.05) is 30.3 Å². The van der Waals surface area contributed by atoms with Crippen molar-refractivity contribution in [2.45, 2.75) is 37.8 Å². The summed E-state index contributed by atoms with van der Waals surface area (Å²) in [6.07, 6.45) is 3.38. The van der Waals surface area contributed by atoms with E-state index in [-0.39, 0.29) is 37.0 Å². The van der Waals surface area contributed by atoms with Gasteiger partial charge in [-0.15, -0.1) is 0 Å². The van der Waals surface area contributed by atoms with E-state index in [1.54, 1.807) is 24.3 Å². The van der Waals surface area contributed by atoms with E-state index in [0.717, 1.165) is 42.4 Å². The van der Waals surface area contributed by atoms with Gasteiger partial charge < -0.3 is 26.2 Å². The van der Waals surface area contributed by atoms with Crippen LogP contribution in [-0.4, -0.2) is 67.0 Å². The Labute approximate surface area is 216 Å². The molecule has 0 unspecified atom stereocenters. The van der Waals surface area contributed by atoms with Crippen LogP contribution in [0.4, 0.5) is 11.8 Å². The molecule has 2 aromatic carbocycles. The number of fused-ring (bicyclic) bond motifs is 1. The number of benzene rings is 2.